The Balaban J connectivity index is 2.46. The Morgan fingerprint density at radius 2 is 2.29 bits per heavy atom. The molecule has 2 unspecified atom stereocenters. The van der Waals surface area contributed by atoms with Gasteiger partial charge in [0, 0.05) is 6.42 Å². The third-order valence-corrected chi connectivity index (χ3v) is 3.19. The van der Waals surface area contributed by atoms with Crippen molar-refractivity contribution < 1.29 is 9.90 Å². The van der Waals surface area contributed by atoms with Gasteiger partial charge in [0.25, 0.3) is 0 Å². The minimum atomic E-state index is -0.681. The molecule has 1 fully saturated rings. The molecule has 0 saturated heterocycles. The normalized spacial score (nSPS) is 33.3. The summed E-state index contributed by atoms with van der Waals surface area (Å²) >= 11 is 0. The molecule has 0 heterocycles. The zero-order chi connectivity index (χ0) is 10.6. The first-order valence-electron chi connectivity index (χ1n) is 5.72. The third-order valence-electron chi connectivity index (χ3n) is 3.19. The predicted octanol–water partition coefficient (Wildman–Crippen LogP) is 2.54. The molecule has 1 rings (SSSR count). The largest absolute Gasteiger partial charge is 0.389 e. The summed E-state index contributed by atoms with van der Waals surface area (Å²) in [6, 6.07) is 0. The lowest BCUT2D eigenvalue weighted by molar-refractivity contribution is -0.114. The van der Waals surface area contributed by atoms with E-state index in [-0.39, 0.29) is 0 Å². The first kappa shape index (κ1) is 11.7. The third kappa shape index (κ3) is 3.41. The van der Waals surface area contributed by atoms with Gasteiger partial charge >= 0.3 is 0 Å². The van der Waals surface area contributed by atoms with Gasteiger partial charge in [-0.2, -0.15) is 0 Å². The number of aldehydes is 1. The maximum Gasteiger partial charge on any atom is 0.122 e. The van der Waals surface area contributed by atoms with E-state index >= 15 is 0 Å². The molecular weight excluding hydrogens is 176 g/mol. The van der Waals surface area contributed by atoms with Crippen molar-refractivity contribution >= 4 is 6.29 Å². The molecule has 0 aromatic carbocycles. The Labute approximate surface area is 86.7 Å². The van der Waals surface area contributed by atoms with Crippen molar-refractivity contribution in [2.24, 2.45) is 11.8 Å². The maximum absolute atomic E-state index is 10.4. The second kappa shape index (κ2) is 4.92. The average molecular weight is 198 g/mol. The Kier molecular flexibility index (Phi) is 4.11. The van der Waals surface area contributed by atoms with Gasteiger partial charge in [-0.1, -0.05) is 26.7 Å². The van der Waals surface area contributed by atoms with E-state index < -0.39 is 5.60 Å². The lowest BCUT2D eigenvalue weighted by Gasteiger charge is -2.36. The quantitative estimate of drug-likeness (QED) is 0.705. The minimum Gasteiger partial charge on any atom is -0.389 e. The molecule has 0 amide bonds. The summed E-state index contributed by atoms with van der Waals surface area (Å²) in [5.41, 5.74) is -0.681. The Hall–Kier alpha value is -0.370. The summed E-state index contributed by atoms with van der Waals surface area (Å²) in [4.78, 5) is 10.4. The van der Waals surface area contributed by atoms with Gasteiger partial charge in [0.2, 0.25) is 0 Å². The molecule has 1 saturated carbocycles. The summed E-state index contributed by atoms with van der Waals surface area (Å²) in [5, 5.41) is 10.1. The van der Waals surface area contributed by atoms with Crippen LogP contribution in [-0.2, 0) is 4.79 Å². The van der Waals surface area contributed by atoms with Crippen LogP contribution in [0.5, 0.6) is 0 Å². The van der Waals surface area contributed by atoms with Gasteiger partial charge in [0.15, 0.2) is 0 Å². The zero-order valence-electron chi connectivity index (χ0n) is 9.33. The van der Waals surface area contributed by atoms with Gasteiger partial charge in [-0.25, -0.2) is 0 Å². The van der Waals surface area contributed by atoms with Gasteiger partial charge in [-0.05, 0) is 31.1 Å². The van der Waals surface area contributed by atoms with Gasteiger partial charge in [-0.15, -0.1) is 0 Å². The van der Waals surface area contributed by atoms with Crippen molar-refractivity contribution in [2.75, 3.05) is 0 Å². The summed E-state index contributed by atoms with van der Waals surface area (Å²) in [7, 11) is 0. The molecule has 82 valence electrons. The predicted molar refractivity (Wildman–Crippen MR) is 57.0 cm³/mol. The highest BCUT2D eigenvalue weighted by Gasteiger charge is 2.33. The first-order valence-corrected chi connectivity index (χ1v) is 5.72. The van der Waals surface area contributed by atoms with Crippen molar-refractivity contribution in [1.29, 1.82) is 0 Å². The van der Waals surface area contributed by atoms with E-state index in [1.54, 1.807) is 0 Å². The Morgan fingerprint density at radius 3 is 2.86 bits per heavy atom. The van der Waals surface area contributed by atoms with Gasteiger partial charge in [-0.3, -0.25) is 0 Å². The van der Waals surface area contributed by atoms with E-state index in [2.05, 4.69) is 13.8 Å². The molecule has 2 nitrogen and oxygen atoms in total. The van der Waals surface area contributed by atoms with Crippen LogP contribution in [0.4, 0.5) is 0 Å². The SMILES string of the molecule is CC(C)CC1CCCC(O)(CC=O)C1. The molecule has 0 aromatic heterocycles. The molecule has 2 heteroatoms. The van der Waals surface area contributed by atoms with Gasteiger partial charge < -0.3 is 9.90 Å². The fraction of sp³-hybridized carbons (Fsp3) is 0.917. The number of rotatable bonds is 4. The summed E-state index contributed by atoms with van der Waals surface area (Å²) in [6.07, 6.45) is 6.28. The van der Waals surface area contributed by atoms with E-state index in [1.165, 1.54) is 12.8 Å². The Bertz CT molecular complexity index is 189. The molecule has 1 N–H and O–H groups in total. The summed E-state index contributed by atoms with van der Waals surface area (Å²) < 4.78 is 0. The fourth-order valence-electron chi connectivity index (χ4n) is 2.67. The molecule has 14 heavy (non-hydrogen) atoms. The van der Waals surface area contributed by atoms with Crippen molar-refractivity contribution in [3.63, 3.8) is 0 Å². The van der Waals surface area contributed by atoms with E-state index in [1.807, 2.05) is 0 Å². The van der Waals surface area contributed by atoms with Crippen molar-refractivity contribution in [2.45, 2.75) is 58.0 Å². The lowest BCUT2D eigenvalue weighted by Crippen LogP contribution is -2.36. The van der Waals surface area contributed by atoms with Crippen molar-refractivity contribution in [3.05, 3.63) is 0 Å². The van der Waals surface area contributed by atoms with Crippen LogP contribution in [-0.4, -0.2) is 17.0 Å². The molecular formula is C12H22O2. The molecule has 1 aliphatic rings. The van der Waals surface area contributed by atoms with Crippen LogP contribution in [0.3, 0.4) is 0 Å². The number of hydrogen-bond donors (Lipinski definition) is 1. The summed E-state index contributed by atoms with van der Waals surface area (Å²) in [6.45, 7) is 4.43. The average Bonchev–Trinajstić information content (AvgIpc) is 2.02. The van der Waals surface area contributed by atoms with Crippen LogP contribution in [0.25, 0.3) is 0 Å². The number of carbonyl (C=O) groups excluding carboxylic acids is 1. The molecule has 0 radical (unpaired) electrons. The molecule has 0 bridgehead atoms. The van der Waals surface area contributed by atoms with Crippen molar-refractivity contribution in [1.82, 2.24) is 0 Å². The Morgan fingerprint density at radius 1 is 1.57 bits per heavy atom. The fourth-order valence-corrected chi connectivity index (χ4v) is 2.67. The smallest absolute Gasteiger partial charge is 0.122 e. The van der Waals surface area contributed by atoms with Gasteiger partial charge in [0.05, 0.1) is 5.60 Å². The molecule has 0 spiro atoms. The van der Waals surface area contributed by atoms with Crippen LogP contribution in [0.15, 0.2) is 0 Å². The van der Waals surface area contributed by atoms with Gasteiger partial charge in [0.1, 0.15) is 6.29 Å². The topological polar surface area (TPSA) is 37.3 Å². The van der Waals surface area contributed by atoms with Crippen LogP contribution >= 0.6 is 0 Å². The second-order valence-electron chi connectivity index (χ2n) is 5.19. The monoisotopic (exact) mass is 198 g/mol. The van der Waals surface area contributed by atoms with Crippen molar-refractivity contribution in [3.8, 4) is 0 Å². The molecule has 2 atom stereocenters. The summed E-state index contributed by atoms with van der Waals surface area (Å²) in [5.74, 6) is 1.31. The zero-order valence-corrected chi connectivity index (χ0v) is 9.33. The number of carbonyl (C=O) groups is 1. The van der Waals surface area contributed by atoms with Crippen LogP contribution in [0.1, 0.15) is 52.4 Å². The first-order chi connectivity index (χ1) is 6.56. The van der Waals surface area contributed by atoms with Crippen LogP contribution in [0.2, 0.25) is 0 Å². The second-order valence-corrected chi connectivity index (χ2v) is 5.19. The number of aliphatic hydroxyl groups is 1. The maximum atomic E-state index is 10.4. The van der Waals surface area contributed by atoms with E-state index in [0.717, 1.165) is 25.5 Å². The van der Waals surface area contributed by atoms with E-state index in [0.29, 0.717) is 18.3 Å². The highest BCUT2D eigenvalue weighted by atomic mass is 16.3. The lowest BCUT2D eigenvalue weighted by atomic mass is 9.74. The number of hydrogen-bond acceptors (Lipinski definition) is 2. The highest BCUT2D eigenvalue weighted by molar-refractivity contribution is 5.51. The van der Waals surface area contributed by atoms with E-state index in [4.69, 9.17) is 0 Å². The highest BCUT2D eigenvalue weighted by Crippen LogP contribution is 2.37. The van der Waals surface area contributed by atoms with Crippen LogP contribution < -0.4 is 0 Å². The standard InChI is InChI=1S/C12H22O2/c1-10(2)8-11-4-3-5-12(14,9-11)6-7-13/h7,10-11,14H,3-6,8-9H2,1-2H3. The minimum absolute atomic E-state index is 0.321. The molecule has 0 aliphatic heterocycles. The van der Waals surface area contributed by atoms with Crippen LogP contribution in [0, 0.1) is 11.8 Å². The molecule has 1 aliphatic carbocycles. The molecule has 0 aromatic rings. The van der Waals surface area contributed by atoms with E-state index in [9.17, 15) is 9.90 Å².